The normalized spacial score (nSPS) is 13.6. The minimum Gasteiger partial charge on any atom is -0.309 e. The van der Waals surface area contributed by atoms with Gasteiger partial charge in [-0.05, 0) is 29.6 Å². The van der Waals surface area contributed by atoms with Crippen LogP contribution in [0, 0.1) is 0 Å². The molecule has 9 heteroatoms. The van der Waals surface area contributed by atoms with Crippen LogP contribution in [0.4, 0.5) is 5.69 Å². The van der Waals surface area contributed by atoms with Crippen molar-refractivity contribution in [1.29, 1.82) is 0 Å². The fourth-order valence-corrected chi connectivity index (χ4v) is 6.24. The maximum atomic E-state index is 13.2. The van der Waals surface area contributed by atoms with E-state index in [2.05, 4.69) is 4.98 Å². The minimum atomic E-state index is -0.189. The van der Waals surface area contributed by atoms with Gasteiger partial charge in [0.05, 0.1) is 17.4 Å². The Balaban J connectivity index is 1.51. The number of thiophene rings is 2. The molecule has 0 saturated carbocycles. The summed E-state index contributed by atoms with van der Waals surface area (Å²) in [6, 6.07) is 9.50. The molecule has 0 atom stereocenters. The molecule has 1 aromatic carbocycles. The van der Waals surface area contributed by atoms with Crippen molar-refractivity contribution in [3.05, 3.63) is 62.8 Å². The molecule has 0 aliphatic carbocycles. The largest absolute Gasteiger partial charge is 0.309 e. The number of halogens is 1. The lowest BCUT2D eigenvalue weighted by molar-refractivity contribution is -0.119. The van der Waals surface area contributed by atoms with Crippen molar-refractivity contribution in [2.75, 3.05) is 17.2 Å². The van der Waals surface area contributed by atoms with Gasteiger partial charge in [-0.2, -0.15) is 0 Å². The molecule has 1 amide bonds. The van der Waals surface area contributed by atoms with Gasteiger partial charge in [-0.1, -0.05) is 17.7 Å². The molecule has 4 heterocycles. The molecule has 4 aromatic rings. The molecule has 3 aromatic heterocycles. The number of amides is 1. The molecule has 0 radical (unpaired) electrons. The van der Waals surface area contributed by atoms with Gasteiger partial charge >= 0.3 is 0 Å². The third-order valence-electron chi connectivity index (χ3n) is 4.74. The summed E-state index contributed by atoms with van der Waals surface area (Å²) in [7, 11) is 0. The van der Waals surface area contributed by atoms with Crippen molar-refractivity contribution in [3.63, 3.8) is 0 Å². The van der Waals surface area contributed by atoms with E-state index in [1.54, 1.807) is 34.1 Å². The second kappa shape index (κ2) is 7.60. The average Bonchev–Trinajstić information content (AvgIpc) is 3.39. The Morgan fingerprint density at radius 1 is 1.24 bits per heavy atom. The van der Waals surface area contributed by atoms with Crippen LogP contribution in [0.1, 0.15) is 0 Å². The van der Waals surface area contributed by atoms with Gasteiger partial charge in [0.1, 0.15) is 11.4 Å². The van der Waals surface area contributed by atoms with Gasteiger partial charge in [0, 0.05) is 38.0 Å². The first kappa shape index (κ1) is 18.9. The smallest absolute Gasteiger partial charge is 0.263 e. The summed E-state index contributed by atoms with van der Waals surface area (Å²) in [5, 5.41) is 5.10. The van der Waals surface area contributed by atoms with Gasteiger partial charge in [-0.25, -0.2) is 4.98 Å². The monoisotopic (exact) mass is 459 g/mol. The molecule has 0 saturated heterocycles. The van der Waals surface area contributed by atoms with Gasteiger partial charge in [0.15, 0.2) is 0 Å². The number of aromatic nitrogens is 2. The fraction of sp³-hybridized carbons (Fsp3) is 0.150. The Morgan fingerprint density at radius 2 is 2.14 bits per heavy atom. The van der Waals surface area contributed by atoms with Crippen LogP contribution in [0.15, 0.2) is 57.1 Å². The fourth-order valence-electron chi connectivity index (χ4n) is 3.37. The van der Waals surface area contributed by atoms with Gasteiger partial charge in [-0.15, -0.1) is 34.4 Å². The first-order chi connectivity index (χ1) is 14.1. The molecule has 1 aliphatic rings. The van der Waals surface area contributed by atoms with Crippen LogP contribution in [-0.2, 0) is 11.3 Å². The van der Waals surface area contributed by atoms with Crippen molar-refractivity contribution in [3.8, 4) is 10.4 Å². The summed E-state index contributed by atoms with van der Waals surface area (Å²) in [6.45, 7) is 0.526. The van der Waals surface area contributed by atoms with Crippen molar-refractivity contribution in [1.82, 2.24) is 9.55 Å². The second-order valence-corrected chi connectivity index (χ2v) is 9.87. The highest BCUT2D eigenvalue weighted by atomic mass is 35.5. The number of fused-ring (bicyclic) bond motifs is 2. The highest BCUT2D eigenvalue weighted by Crippen LogP contribution is 2.37. The van der Waals surface area contributed by atoms with Crippen molar-refractivity contribution in [2.24, 2.45) is 0 Å². The highest BCUT2D eigenvalue weighted by molar-refractivity contribution is 7.99. The van der Waals surface area contributed by atoms with Gasteiger partial charge in [0.2, 0.25) is 5.91 Å². The van der Waals surface area contributed by atoms with Crippen molar-refractivity contribution in [2.45, 2.75) is 11.4 Å². The van der Waals surface area contributed by atoms with E-state index in [4.69, 9.17) is 11.6 Å². The van der Waals surface area contributed by atoms with Crippen LogP contribution in [-0.4, -0.2) is 27.8 Å². The zero-order valence-corrected chi connectivity index (χ0v) is 18.2. The van der Waals surface area contributed by atoms with Crippen LogP contribution in [0.2, 0.25) is 5.02 Å². The summed E-state index contributed by atoms with van der Waals surface area (Å²) in [4.78, 5) is 35.1. The van der Waals surface area contributed by atoms with Crippen LogP contribution in [0.5, 0.6) is 0 Å². The average molecular weight is 460 g/mol. The van der Waals surface area contributed by atoms with Crippen LogP contribution >= 0.6 is 46.0 Å². The number of anilines is 1. The van der Waals surface area contributed by atoms with E-state index >= 15 is 0 Å². The summed E-state index contributed by atoms with van der Waals surface area (Å²) < 4.78 is 1.40. The maximum Gasteiger partial charge on any atom is 0.263 e. The third-order valence-corrected chi connectivity index (χ3v) is 7.81. The zero-order chi connectivity index (χ0) is 20.0. The molecule has 29 heavy (non-hydrogen) atoms. The number of carbonyl (C=O) groups is 1. The quantitative estimate of drug-likeness (QED) is 0.433. The predicted octanol–water partition coefficient (Wildman–Crippen LogP) is 4.98. The van der Waals surface area contributed by atoms with Crippen molar-refractivity contribution < 1.29 is 4.79 Å². The zero-order valence-electron chi connectivity index (χ0n) is 15.0. The number of carbonyl (C=O) groups excluding carboxylic acids is 1. The van der Waals surface area contributed by atoms with Crippen LogP contribution < -0.4 is 10.5 Å². The molecule has 0 unspecified atom stereocenters. The predicted molar refractivity (Wildman–Crippen MR) is 122 cm³/mol. The van der Waals surface area contributed by atoms with E-state index in [1.807, 2.05) is 35.0 Å². The molecule has 0 bridgehead atoms. The van der Waals surface area contributed by atoms with E-state index < -0.39 is 0 Å². The molecular formula is C20H14ClN3O2S3. The number of thioether (sulfide) groups is 1. The van der Waals surface area contributed by atoms with Crippen molar-refractivity contribution >= 4 is 67.8 Å². The maximum absolute atomic E-state index is 13.2. The summed E-state index contributed by atoms with van der Waals surface area (Å²) in [5.74, 6) is 0.657. The van der Waals surface area contributed by atoms with Gasteiger partial charge < -0.3 is 4.90 Å². The number of nitrogens with zero attached hydrogens (tertiary/aromatic N) is 3. The SMILES string of the molecule is O=C(Cn1cnc2scc(-c3cccs3)c2c1=O)N1CCSc2ccc(Cl)cc21. The van der Waals surface area contributed by atoms with Crippen LogP contribution in [0.3, 0.4) is 0 Å². The summed E-state index contributed by atoms with van der Waals surface area (Å²) in [5.41, 5.74) is 1.49. The van der Waals surface area contributed by atoms with Gasteiger partial charge in [0.25, 0.3) is 5.56 Å². The lowest BCUT2D eigenvalue weighted by Gasteiger charge is -2.29. The second-order valence-electron chi connectivity index (χ2n) is 6.49. The first-order valence-corrected chi connectivity index (χ1v) is 12.0. The van der Waals surface area contributed by atoms with E-state index in [0.717, 1.165) is 26.8 Å². The lowest BCUT2D eigenvalue weighted by atomic mass is 10.2. The van der Waals surface area contributed by atoms with E-state index in [1.165, 1.54) is 22.2 Å². The first-order valence-electron chi connectivity index (χ1n) is 8.85. The van der Waals surface area contributed by atoms with Crippen LogP contribution in [0.25, 0.3) is 20.7 Å². The molecule has 146 valence electrons. The highest BCUT2D eigenvalue weighted by Gasteiger charge is 2.24. The lowest BCUT2D eigenvalue weighted by Crippen LogP contribution is -2.39. The number of benzene rings is 1. The Bertz CT molecular complexity index is 1280. The minimum absolute atomic E-state index is 0.0574. The molecule has 0 spiro atoms. The Kier molecular flexibility index (Phi) is 4.95. The topological polar surface area (TPSA) is 55.2 Å². The molecule has 0 fully saturated rings. The summed E-state index contributed by atoms with van der Waals surface area (Å²) >= 11 is 10.9. The molecule has 5 nitrogen and oxygen atoms in total. The molecule has 0 N–H and O–H groups in total. The number of rotatable bonds is 3. The third kappa shape index (κ3) is 3.40. The Labute approximate surface area is 183 Å². The molecule has 5 rings (SSSR count). The molecule has 1 aliphatic heterocycles. The Hall–Kier alpha value is -2.13. The summed E-state index contributed by atoms with van der Waals surface area (Å²) in [6.07, 6.45) is 1.47. The van der Waals surface area contributed by atoms with E-state index in [-0.39, 0.29) is 18.0 Å². The number of hydrogen-bond donors (Lipinski definition) is 0. The Morgan fingerprint density at radius 3 is 2.97 bits per heavy atom. The van der Waals surface area contributed by atoms with Gasteiger partial charge in [-0.3, -0.25) is 14.2 Å². The number of hydrogen-bond acceptors (Lipinski definition) is 6. The van der Waals surface area contributed by atoms with E-state index in [9.17, 15) is 9.59 Å². The standard InChI is InChI=1S/C20H14ClN3O2S3/c21-12-3-4-16-14(8-12)24(5-7-28-16)17(25)9-23-11-22-19-18(20(23)26)13(10-29-19)15-2-1-6-27-15/h1-4,6,8,10-11H,5,7,9H2. The molecular weight excluding hydrogens is 446 g/mol. The van der Waals surface area contributed by atoms with E-state index in [0.29, 0.717) is 21.8 Å².